The van der Waals surface area contributed by atoms with Crippen molar-refractivity contribution >= 4 is 29.2 Å². The summed E-state index contributed by atoms with van der Waals surface area (Å²) >= 11 is 0. The van der Waals surface area contributed by atoms with E-state index >= 15 is 0 Å². The number of nitrogens with two attached hydrogens (primary N) is 3. The van der Waals surface area contributed by atoms with Crippen LogP contribution in [0.4, 0.5) is 11.4 Å². The predicted molar refractivity (Wildman–Crippen MR) is 66.4 cm³/mol. The molecule has 1 amide bonds. The van der Waals surface area contributed by atoms with E-state index < -0.39 is 0 Å². The second-order valence-electron chi connectivity index (χ2n) is 3.31. The summed E-state index contributed by atoms with van der Waals surface area (Å²) < 4.78 is 0. The van der Waals surface area contributed by atoms with Gasteiger partial charge in [-0.05, 0) is 24.3 Å². The quantitative estimate of drug-likeness (QED) is 0.298. The maximum Gasteiger partial charge on any atom is 0.316 e. The number of amides is 1. The van der Waals surface area contributed by atoms with Gasteiger partial charge >= 0.3 is 5.96 Å². The summed E-state index contributed by atoms with van der Waals surface area (Å²) in [6.07, 6.45) is 0. The molecule has 0 aliphatic carbocycles. The van der Waals surface area contributed by atoms with E-state index in [9.17, 15) is 4.79 Å². The van der Waals surface area contributed by atoms with Gasteiger partial charge in [-0.3, -0.25) is 4.79 Å². The molecule has 0 radical (unpaired) electrons. The van der Waals surface area contributed by atoms with Crippen molar-refractivity contribution in [1.82, 2.24) is 0 Å². The molecule has 0 saturated heterocycles. The highest BCUT2D eigenvalue weighted by atomic mass is 16.1. The fourth-order valence-electron chi connectivity index (χ4n) is 1.14. The van der Waals surface area contributed by atoms with Gasteiger partial charge in [-0.2, -0.15) is 0 Å². The number of aliphatic imine (C=N–C) groups is 1. The SMILES string of the molecule is CC(=O)Nc1ccc(N=C(N)[NH+]=C(N)N)cc1. The lowest BCUT2D eigenvalue weighted by Crippen LogP contribution is -2.84. The van der Waals surface area contributed by atoms with Gasteiger partial charge in [0.2, 0.25) is 5.91 Å². The second-order valence-corrected chi connectivity index (χ2v) is 3.31. The molecule has 1 aromatic carbocycles. The maximum atomic E-state index is 10.8. The van der Waals surface area contributed by atoms with Gasteiger partial charge in [-0.1, -0.05) is 0 Å². The lowest BCUT2D eigenvalue weighted by Gasteiger charge is -2.00. The lowest BCUT2D eigenvalue weighted by atomic mass is 10.3. The molecule has 0 atom stereocenters. The van der Waals surface area contributed by atoms with Gasteiger partial charge in [-0.15, -0.1) is 4.99 Å². The van der Waals surface area contributed by atoms with E-state index in [4.69, 9.17) is 17.2 Å². The first-order valence-electron chi connectivity index (χ1n) is 4.84. The molecule has 0 unspecified atom stereocenters. The number of benzene rings is 1. The topological polar surface area (TPSA) is 133 Å². The second kappa shape index (κ2) is 5.50. The number of hydrogen-bond acceptors (Lipinski definition) is 2. The van der Waals surface area contributed by atoms with Crippen LogP contribution < -0.4 is 27.5 Å². The number of carbonyl (C=O) groups excluding carboxylic acids is 1. The van der Waals surface area contributed by atoms with Crippen molar-refractivity contribution in [3.63, 3.8) is 0 Å². The van der Waals surface area contributed by atoms with Crippen molar-refractivity contribution in [2.24, 2.45) is 22.2 Å². The molecule has 0 fully saturated rings. The highest BCUT2D eigenvalue weighted by Gasteiger charge is 1.99. The molecule has 1 rings (SSSR count). The minimum Gasteiger partial charge on any atom is -0.326 e. The number of carbonyl (C=O) groups is 1. The lowest BCUT2D eigenvalue weighted by molar-refractivity contribution is -0.320. The van der Waals surface area contributed by atoms with E-state index in [0.717, 1.165) is 0 Å². The summed E-state index contributed by atoms with van der Waals surface area (Å²) in [5.74, 6) is -0.0636. The molecular weight excluding hydrogens is 220 g/mol. The molecule has 90 valence electrons. The Morgan fingerprint density at radius 2 is 1.82 bits per heavy atom. The van der Waals surface area contributed by atoms with Crippen LogP contribution in [-0.2, 0) is 4.79 Å². The maximum absolute atomic E-state index is 10.8. The molecule has 0 saturated carbocycles. The van der Waals surface area contributed by atoms with Crippen molar-refractivity contribution in [2.75, 3.05) is 5.32 Å². The number of nitrogens with one attached hydrogen (secondary N) is 2. The Hall–Kier alpha value is -2.57. The van der Waals surface area contributed by atoms with E-state index in [1.54, 1.807) is 24.3 Å². The Morgan fingerprint density at radius 1 is 1.24 bits per heavy atom. The molecule has 0 aliphatic rings. The molecule has 17 heavy (non-hydrogen) atoms. The largest absolute Gasteiger partial charge is 0.326 e. The third kappa shape index (κ3) is 4.65. The number of hydrogen-bond donors (Lipinski definition) is 5. The Balaban J connectivity index is 2.81. The van der Waals surface area contributed by atoms with Crippen molar-refractivity contribution < 1.29 is 9.79 Å². The zero-order valence-electron chi connectivity index (χ0n) is 9.40. The fraction of sp³-hybridized carbons (Fsp3) is 0.100. The van der Waals surface area contributed by atoms with Gasteiger partial charge in [0.15, 0.2) is 0 Å². The molecule has 0 aromatic heterocycles. The molecule has 8 N–H and O–H groups in total. The van der Waals surface area contributed by atoms with Gasteiger partial charge in [0.05, 0.1) is 0 Å². The number of nitrogens with zero attached hydrogens (tertiary/aromatic N) is 1. The smallest absolute Gasteiger partial charge is 0.316 e. The standard InChI is InChI=1S/C10H14N6O/c1-6(17)14-7-2-4-8(5-3-7)15-10(13)16-9(11)12/h2-5H,1H3,(H,14,17)(H6,11,12,13,15,16)/p+1. The van der Waals surface area contributed by atoms with Crippen LogP contribution in [0.15, 0.2) is 29.3 Å². The molecule has 7 heteroatoms. The van der Waals surface area contributed by atoms with Crippen LogP contribution in [0.2, 0.25) is 0 Å². The average molecular weight is 235 g/mol. The van der Waals surface area contributed by atoms with Crippen LogP contribution in [0, 0.1) is 0 Å². The van der Waals surface area contributed by atoms with Crippen LogP contribution in [0.25, 0.3) is 0 Å². The van der Waals surface area contributed by atoms with Crippen LogP contribution in [-0.4, -0.2) is 17.8 Å². The highest BCUT2D eigenvalue weighted by Crippen LogP contribution is 2.15. The van der Waals surface area contributed by atoms with E-state index in [0.29, 0.717) is 11.4 Å². The average Bonchev–Trinajstić information content (AvgIpc) is 2.18. The molecule has 7 nitrogen and oxygen atoms in total. The van der Waals surface area contributed by atoms with Crippen molar-refractivity contribution in [2.45, 2.75) is 6.92 Å². The van der Waals surface area contributed by atoms with Gasteiger partial charge in [-0.25, -0.2) is 4.99 Å². The van der Waals surface area contributed by atoms with Crippen LogP contribution in [0.5, 0.6) is 0 Å². The Kier molecular flexibility index (Phi) is 4.04. The molecule has 0 spiro atoms. The van der Waals surface area contributed by atoms with Crippen LogP contribution in [0.1, 0.15) is 6.92 Å². The molecular formula is C10H15N6O+. The van der Waals surface area contributed by atoms with E-state index in [2.05, 4.69) is 15.3 Å². The normalized spacial score (nSPS) is 10.8. The predicted octanol–water partition coefficient (Wildman–Crippen LogP) is -2.05. The van der Waals surface area contributed by atoms with Gasteiger partial charge in [0.25, 0.3) is 5.96 Å². The van der Waals surface area contributed by atoms with Gasteiger partial charge < -0.3 is 22.5 Å². The Bertz CT molecular complexity index is 458. The molecule has 0 heterocycles. The molecule has 0 bridgehead atoms. The van der Waals surface area contributed by atoms with E-state index in [-0.39, 0.29) is 17.8 Å². The van der Waals surface area contributed by atoms with E-state index in [1.807, 2.05) is 0 Å². The minimum absolute atomic E-state index is 0.0267. The highest BCUT2D eigenvalue weighted by molar-refractivity contribution is 5.88. The molecule has 0 aliphatic heterocycles. The minimum atomic E-state index is -0.132. The Morgan fingerprint density at radius 3 is 2.29 bits per heavy atom. The molecule has 1 aromatic rings. The fourth-order valence-corrected chi connectivity index (χ4v) is 1.14. The summed E-state index contributed by atoms with van der Waals surface area (Å²) in [7, 11) is 0. The van der Waals surface area contributed by atoms with Crippen molar-refractivity contribution in [1.29, 1.82) is 0 Å². The number of guanidine groups is 2. The zero-order chi connectivity index (χ0) is 12.8. The van der Waals surface area contributed by atoms with E-state index in [1.165, 1.54) is 6.92 Å². The number of rotatable bonds is 2. The summed E-state index contributed by atoms with van der Waals surface area (Å²) in [4.78, 5) is 17.3. The first kappa shape index (κ1) is 12.5. The number of anilines is 1. The first-order chi connectivity index (χ1) is 7.97. The third-order valence-corrected chi connectivity index (χ3v) is 1.71. The summed E-state index contributed by atoms with van der Waals surface area (Å²) in [5.41, 5.74) is 17.2. The summed E-state index contributed by atoms with van der Waals surface area (Å²) in [5, 5.41) is 2.64. The van der Waals surface area contributed by atoms with Crippen LogP contribution in [0.3, 0.4) is 0 Å². The van der Waals surface area contributed by atoms with Gasteiger partial charge in [0, 0.05) is 12.6 Å². The monoisotopic (exact) mass is 235 g/mol. The summed E-state index contributed by atoms with van der Waals surface area (Å²) in [6, 6.07) is 6.82. The van der Waals surface area contributed by atoms with Crippen LogP contribution >= 0.6 is 0 Å². The summed E-state index contributed by atoms with van der Waals surface area (Å²) in [6.45, 7) is 1.44. The first-order valence-corrected chi connectivity index (χ1v) is 4.84. The third-order valence-electron chi connectivity index (χ3n) is 1.71. The van der Waals surface area contributed by atoms with Gasteiger partial charge in [0.1, 0.15) is 5.69 Å². The zero-order valence-corrected chi connectivity index (χ0v) is 9.40. The van der Waals surface area contributed by atoms with Crippen molar-refractivity contribution in [3.8, 4) is 0 Å². The van der Waals surface area contributed by atoms with Crippen molar-refractivity contribution in [3.05, 3.63) is 24.3 Å². The Labute approximate surface area is 98.4 Å².